The molecule has 2 aromatic rings. The molecule has 4 nitrogen and oxygen atoms in total. The highest BCUT2D eigenvalue weighted by atomic mass is 19.1. The van der Waals surface area contributed by atoms with E-state index in [1.807, 2.05) is 24.7 Å². The summed E-state index contributed by atoms with van der Waals surface area (Å²) in [6, 6.07) is 2.59. The van der Waals surface area contributed by atoms with Crippen LogP contribution in [0.5, 0.6) is 5.75 Å². The lowest BCUT2D eigenvalue weighted by Gasteiger charge is -2.10. The lowest BCUT2D eigenvalue weighted by Crippen LogP contribution is -2.13. The zero-order valence-corrected chi connectivity index (χ0v) is 12.2. The van der Waals surface area contributed by atoms with E-state index >= 15 is 0 Å². The summed E-state index contributed by atoms with van der Waals surface area (Å²) in [5.41, 5.74) is 0.559. The predicted octanol–water partition coefficient (Wildman–Crippen LogP) is 2.43. The van der Waals surface area contributed by atoms with Gasteiger partial charge in [0.25, 0.3) is 0 Å². The zero-order chi connectivity index (χ0) is 15.2. The molecule has 1 aromatic carbocycles. The van der Waals surface area contributed by atoms with Crippen molar-refractivity contribution >= 4 is 0 Å². The Morgan fingerprint density at radius 3 is 2.57 bits per heavy atom. The maximum absolute atomic E-state index is 13.9. The van der Waals surface area contributed by atoms with Crippen molar-refractivity contribution < 1.29 is 13.5 Å². The second-order valence-electron chi connectivity index (χ2n) is 4.72. The molecule has 0 saturated carbocycles. The Morgan fingerprint density at radius 1 is 1.29 bits per heavy atom. The molecule has 0 aliphatic carbocycles. The standard InChI is InChI=1S/C15H19F2N3O/c1-3-18-10-11-8-12(16)15(13(17)9-11)21-7-4-14-19-5-6-20(14)2/h5-6,8-9,18H,3-4,7,10H2,1-2H3. The van der Waals surface area contributed by atoms with Gasteiger partial charge in [0.05, 0.1) is 6.61 Å². The fraction of sp³-hybridized carbons (Fsp3) is 0.400. The molecule has 0 saturated heterocycles. The first-order chi connectivity index (χ1) is 10.1. The quantitative estimate of drug-likeness (QED) is 0.852. The summed E-state index contributed by atoms with van der Waals surface area (Å²) in [5.74, 6) is -0.880. The minimum atomic E-state index is -0.678. The molecule has 0 amide bonds. The fourth-order valence-electron chi connectivity index (χ4n) is 2.00. The number of hydrogen-bond acceptors (Lipinski definition) is 3. The van der Waals surface area contributed by atoms with Crippen molar-refractivity contribution in [1.82, 2.24) is 14.9 Å². The number of hydrogen-bond donors (Lipinski definition) is 1. The van der Waals surface area contributed by atoms with Gasteiger partial charge in [-0.05, 0) is 24.2 Å². The molecule has 0 spiro atoms. The molecule has 0 bridgehead atoms. The number of nitrogens with zero attached hydrogens (tertiary/aromatic N) is 2. The van der Waals surface area contributed by atoms with Crippen LogP contribution in [0.4, 0.5) is 8.78 Å². The topological polar surface area (TPSA) is 39.1 Å². The van der Waals surface area contributed by atoms with Crippen LogP contribution in [-0.4, -0.2) is 22.7 Å². The average molecular weight is 295 g/mol. The summed E-state index contributed by atoms with van der Waals surface area (Å²) in [5, 5.41) is 3.02. The van der Waals surface area contributed by atoms with E-state index in [1.165, 1.54) is 12.1 Å². The van der Waals surface area contributed by atoms with Crippen molar-refractivity contribution in [2.24, 2.45) is 7.05 Å². The van der Waals surface area contributed by atoms with Crippen molar-refractivity contribution in [2.45, 2.75) is 19.9 Å². The van der Waals surface area contributed by atoms with Gasteiger partial charge in [-0.15, -0.1) is 0 Å². The van der Waals surface area contributed by atoms with Gasteiger partial charge in [-0.25, -0.2) is 13.8 Å². The number of aromatic nitrogens is 2. The minimum absolute atomic E-state index is 0.172. The number of rotatable bonds is 7. The molecule has 114 valence electrons. The summed E-state index contributed by atoms with van der Waals surface area (Å²) in [7, 11) is 1.86. The van der Waals surface area contributed by atoms with Crippen LogP contribution in [0.3, 0.4) is 0 Å². The summed E-state index contributed by atoms with van der Waals surface area (Å²) >= 11 is 0. The van der Waals surface area contributed by atoms with Crippen LogP contribution >= 0.6 is 0 Å². The van der Waals surface area contributed by atoms with Gasteiger partial charge in [0.1, 0.15) is 5.82 Å². The van der Waals surface area contributed by atoms with E-state index in [9.17, 15) is 8.78 Å². The number of imidazole rings is 1. The summed E-state index contributed by atoms with van der Waals surface area (Å²) in [4.78, 5) is 4.13. The van der Waals surface area contributed by atoms with E-state index in [1.54, 1.807) is 6.20 Å². The Labute approximate surface area is 122 Å². The summed E-state index contributed by atoms with van der Waals surface area (Å²) in [6.07, 6.45) is 3.97. The van der Waals surface area contributed by atoms with Gasteiger partial charge in [-0.3, -0.25) is 0 Å². The molecule has 0 atom stereocenters. The maximum atomic E-state index is 13.9. The first-order valence-electron chi connectivity index (χ1n) is 6.89. The lowest BCUT2D eigenvalue weighted by molar-refractivity contribution is 0.284. The van der Waals surface area contributed by atoms with Crippen LogP contribution in [-0.2, 0) is 20.0 Å². The van der Waals surface area contributed by atoms with Gasteiger partial charge in [0, 0.05) is 32.4 Å². The average Bonchev–Trinajstić information content (AvgIpc) is 2.85. The van der Waals surface area contributed by atoms with Gasteiger partial charge in [0.15, 0.2) is 17.4 Å². The Balaban J connectivity index is 1.98. The number of ether oxygens (including phenoxy) is 1. The number of aryl methyl sites for hydroxylation is 1. The molecular formula is C15H19F2N3O. The van der Waals surface area contributed by atoms with Crippen LogP contribution in [0, 0.1) is 11.6 Å². The zero-order valence-electron chi connectivity index (χ0n) is 12.2. The van der Waals surface area contributed by atoms with Gasteiger partial charge in [0.2, 0.25) is 0 Å². The summed E-state index contributed by atoms with van der Waals surface area (Å²) in [6.45, 7) is 3.27. The van der Waals surface area contributed by atoms with E-state index in [0.717, 1.165) is 12.4 Å². The molecule has 0 unspecified atom stereocenters. The van der Waals surface area contributed by atoms with Crippen LogP contribution in [0.15, 0.2) is 24.5 Å². The highest BCUT2D eigenvalue weighted by Gasteiger charge is 2.13. The molecule has 6 heteroatoms. The number of benzene rings is 1. The third-order valence-corrected chi connectivity index (χ3v) is 3.13. The van der Waals surface area contributed by atoms with E-state index in [4.69, 9.17) is 4.74 Å². The third-order valence-electron chi connectivity index (χ3n) is 3.13. The molecule has 0 radical (unpaired) electrons. The van der Waals surface area contributed by atoms with E-state index in [2.05, 4.69) is 10.3 Å². The molecule has 0 aliphatic heterocycles. The van der Waals surface area contributed by atoms with Crippen molar-refractivity contribution in [1.29, 1.82) is 0 Å². The Kier molecular flexibility index (Phi) is 5.27. The second-order valence-corrected chi connectivity index (χ2v) is 4.72. The van der Waals surface area contributed by atoms with Crippen molar-refractivity contribution in [2.75, 3.05) is 13.2 Å². The van der Waals surface area contributed by atoms with Crippen LogP contribution in [0.2, 0.25) is 0 Å². The molecule has 1 N–H and O–H groups in total. The van der Waals surface area contributed by atoms with Crippen LogP contribution < -0.4 is 10.1 Å². The first kappa shape index (κ1) is 15.4. The Hall–Kier alpha value is -1.95. The van der Waals surface area contributed by atoms with E-state index in [0.29, 0.717) is 18.5 Å². The molecule has 1 heterocycles. The lowest BCUT2D eigenvalue weighted by atomic mass is 10.2. The van der Waals surface area contributed by atoms with Gasteiger partial charge in [-0.2, -0.15) is 0 Å². The van der Waals surface area contributed by atoms with Gasteiger partial charge >= 0.3 is 0 Å². The predicted molar refractivity (Wildman–Crippen MR) is 76.1 cm³/mol. The van der Waals surface area contributed by atoms with Crippen LogP contribution in [0.1, 0.15) is 18.3 Å². The number of nitrogens with one attached hydrogen (secondary N) is 1. The SMILES string of the molecule is CCNCc1cc(F)c(OCCc2nccn2C)c(F)c1. The molecular weight excluding hydrogens is 276 g/mol. The fourth-order valence-corrected chi connectivity index (χ4v) is 2.00. The Morgan fingerprint density at radius 2 is 2.00 bits per heavy atom. The van der Waals surface area contributed by atoms with E-state index < -0.39 is 11.6 Å². The largest absolute Gasteiger partial charge is 0.487 e. The minimum Gasteiger partial charge on any atom is -0.487 e. The van der Waals surface area contributed by atoms with E-state index in [-0.39, 0.29) is 12.4 Å². The maximum Gasteiger partial charge on any atom is 0.190 e. The smallest absolute Gasteiger partial charge is 0.190 e. The number of halogens is 2. The van der Waals surface area contributed by atoms with Crippen molar-refractivity contribution in [3.63, 3.8) is 0 Å². The summed E-state index contributed by atoms with van der Waals surface area (Å²) < 4.78 is 34.8. The van der Waals surface area contributed by atoms with Gasteiger partial charge in [-0.1, -0.05) is 6.92 Å². The molecule has 21 heavy (non-hydrogen) atoms. The molecule has 0 fully saturated rings. The normalized spacial score (nSPS) is 10.9. The molecule has 2 rings (SSSR count). The highest BCUT2D eigenvalue weighted by molar-refractivity contribution is 5.31. The second kappa shape index (κ2) is 7.17. The first-order valence-corrected chi connectivity index (χ1v) is 6.89. The monoisotopic (exact) mass is 295 g/mol. The highest BCUT2D eigenvalue weighted by Crippen LogP contribution is 2.23. The van der Waals surface area contributed by atoms with Gasteiger partial charge < -0.3 is 14.6 Å². The Bertz CT molecular complexity index is 575. The molecule has 1 aromatic heterocycles. The van der Waals surface area contributed by atoms with Crippen molar-refractivity contribution in [3.05, 3.63) is 47.5 Å². The molecule has 0 aliphatic rings. The third kappa shape index (κ3) is 4.01. The van der Waals surface area contributed by atoms with Crippen LogP contribution in [0.25, 0.3) is 0 Å². The van der Waals surface area contributed by atoms with Crippen molar-refractivity contribution in [3.8, 4) is 5.75 Å².